The third-order valence-corrected chi connectivity index (χ3v) is 4.66. The number of piperazine rings is 1. The fourth-order valence-corrected chi connectivity index (χ4v) is 3.43. The van der Waals surface area contributed by atoms with E-state index in [0.29, 0.717) is 0 Å². The van der Waals surface area contributed by atoms with Gasteiger partial charge in [-0.15, -0.1) is 0 Å². The molecule has 4 heteroatoms. The van der Waals surface area contributed by atoms with Crippen LogP contribution in [0.3, 0.4) is 0 Å². The molecule has 2 rings (SSSR count). The van der Waals surface area contributed by atoms with Crippen molar-refractivity contribution in [2.45, 2.75) is 25.3 Å². The topological polar surface area (TPSA) is 35.7 Å². The van der Waals surface area contributed by atoms with Gasteiger partial charge in [0.1, 0.15) is 0 Å². The second-order valence-corrected chi connectivity index (χ2v) is 6.17. The Balaban J connectivity index is 1.72. The molecule has 18 heavy (non-hydrogen) atoms. The van der Waals surface area contributed by atoms with Crippen LogP contribution >= 0.6 is 0 Å². The molecule has 0 aromatic carbocycles. The summed E-state index contributed by atoms with van der Waals surface area (Å²) in [5.74, 6) is 0.762. The number of likely N-dealkylation sites (N-methyl/N-ethyl adjacent to an activating group) is 1. The highest BCUT2D eigenvalue weighted by molar-refractivity contribution is 4.88. The molecule has 1 aliphatic heterocycles. The van der Waals surface area contributed by atoms with Crippen LogP contribution in [0.2, 0.25) is 0 Å². The molecule has 1 saturated heterocycles. The summed E-state index contributed by atoms with van der Waals surface area (Å²) in [6, 6.07) is 0.783. The molecule has 1 aliphatic carbocycles. The van der Waals surface area contributed by atoms with Gasteiger partial charge >= 0.3 is 0 Å². The molecule has 1 heterocycles. The number of hydrogen-bond donors (Lipinski definition) is 1. The third kappa shape index (κ3) is 3.67. The zero-order chi connectivity index (χ0) is 13.0. The minimum Gasteiger partial charge on any atom is -0.330 e. The molecule has 0 spiro atoms. The second-order valence-electron chi connectivity index (χ2n) is 6.17. The van der Waals surface area contributed by atoms with E-state index in [0.717, 1.165) is 18.5 Å². The van der Waals surface area contributed by atoms with Crippen LogP contribution in [0, 0.1) is 5.92 Å². The lowest BCUT2D eigenvalue weighted by molar-refractivity contribution is 0.0775. The van der Waals surface area contributed by atoms with Crippen molar-refractivity contribution in [3.63, 3.8) is 0 Å². The van der Waals surface area contributed by atoms with Crippen molar-refractivity contribution < 1.29 is 0 Å². The van der Waals surface area contributed by atoms with E-state index in [1.807, 2.05) is 0 Å². The summed E-state index contributed by atoms with van der Waals surface area (Å²) < 4.78 is 0. The Hall–Kier alpha value is -0.160. The van der Waals surface area contributed by atoms with Crippen LogP contribution in [0.25, 0.3) is 0 Å². The van der Waals surface area contributed by atoms with Crippen molar-refractivity contribution >= 4 is 0 Å². The van der Waals surface area contributed by atoms with Gasteiger partial charge in [-0.05, 0) is 39.4 Å². The zero-order valence-electron chi connectivity index (χ0n) is 12.1. The van der Waals surface area contributed by atoms with Crippen LogP contribution in [0.4, 0.5) is 0 Å². The molecular weight excluding hydrogens is 224 g/mol. The number of hydrogen-bond acceptors (Lipinski definition) is 4. The average molecular weight is 254 g/mol. The summed E-state index contributed by atoms with van der Waals surface area (Å²) in [6.07, 6.45) is 4.11. The highest BCUT2D eigenvalue weighted by Crippen LogP contribution is 2.29. The summed E-state index contributed by atoms with van der Waals surface area (Å²) >= 11 is 0. The van der Waals surface area contributed by atoms with E-state index < -0.39 is 0 Å². The van der Waals surface area contributed by atoms with Gasteiger partial charge in [0.25, 0.3) is 0 Å². The van der Waals surface area contributed by atoms with Crippen molar-refractivity contribution in [2.24, 2.45) is 11.7 Å². The van der Waals surface area contributed by atoms with Crippen molar-refractivity contribution in [3.8, 4) is 0 Å². The molecule has 106 valence electrons. The Kier molecular flexibility index (Phi) is 5.42. The Bertz CT molecular complexity index is 236. The summed E-state index contributed by atoms with van der Waals surface area (Å²) in [7, 11) is 4.31. The van der Waals surface area contributed by atoms with Crippen LogP contribution in [-0.4, -0.2) is 80.7 Å². The van der Waals surface area contributed by atoms with E-state index in [9.17, 15) is 0 Å². The molecule has 2 unspecified atom stereocenters. The van der Waals surface area contributed by atoms with Gasteiger partial charge in [0, 0.05) is 45.3 Å². The lowest BCUT2D eigenvalue weighted by atomic mass is 10.0. The molecule has 0 amide bonds. The van der Waals surface area contributed by atoms with Gasteiger partial charge in [-0.1, -0.05) is 6.42 Å². The van der Waals surface area contributed by atoms with E-state index >= 15 is 0 Å². The Labute approximate surface area is 112 Å². The summed E-state index contributed by atoms with van der Waals surface area (Å²) in [4.78, 5) is 7.58. The molecule has 0 aromatic rings. The monoisotopic (exact) mass is 254 g/mol. The first-order valence-electron chi connectivity index (χ1n) is 7.52. The summed E-state index contributed by atoms with van der Waals surface area (Å²) in [5.41, 5.74) is 5.90. The lowest BCUT2D eigenvalue weighted by Gasteiger charge is -2.40. The minimum atomic E-state index is 0.762. The van der Waals surface area contributed by atoms with E-state index in [1.165, 1.54) is 58.5 Å². The molecule has 2 aliphatic rings. The molecule has 0 aromatic heterocycles. The highest BCUT2D eigenvalue weighted by Gasteiger charge is 2.32. The van der Waals surface area contributed by atoms with Gasteiger partial charge in [-0.2, -0.15) is 0 Å². The van der Waals surface area contributed by atoms with Gasteiger partial charge in [-0.25, -0.2) is 0 Å². The van der Waals surface area contributed by atoms with Gasteiger partial charge in [0.15, 0.2) is 0 Å². The number of nitrogens with zero attached hydrogens (tertiary/aromatic N) is 3. The molecule has 1 saturated carbocycles. The Morgan fingerprint density at radius 1 is 1.11 bits per heavy atom. The van der Waals surface area contributed by atoms with E-state index in [2.05, 4.69) is 28.8 Å². The Morgan fingerprint density at radius 3 is 2.44 bits per heavy atom. The lowest BCUT2D eigenvalue weighted by Crippen LogP contribution is -2.52. The molecule has 0 bridgehead atoms. The van der Waals surface area contributed by atoms with Gasteiger partial charge in [0.2, 0.25) is 0 Å². The smallest absolute Gasteiger partial charge is 0.0137 e. The largest absolute Gasteiger partial charge is 0.330 e. The maximum atomic E-state index is 5.90. The predicted octanol–water partition coefficient (Wildman–Crippen LogP) is 0.293. The predicted molar refractivity (Wildman–Crippen MR) is 76.8 cm³/mol. The van der Waals surface area contributed by atoms with Crippen LogP contribution in [0.15, 0.2) is 0 Å². The molecule has 0 radical (unpaired) electrons. The van der Waals surface area contributed by atoms with Crippen LogP contribution < -0.4 is 5.73 Å². The molecule has 2 atom stereocenters. The maximum Gasteiger partial charge on any atom is 0.0137 e. The zero-order valence-corrected chi connectivity index (χ0v) is 12.1. The molecular formula is C14H30N4. The first kappa shape index (κ1) is 14.3. The first-order valence-corrected chi connectivity index (χ1v) is 7.52. The fraction of sp³-hybridized carbons (Fsp3) is 1.00. The SMILES string of the molecule is CN(C)CCN1CCN(C2CCCC2CN)CC1. The molecule has 4 nitrogen and oxygen atoms in total. The maximum absolute atomic E-state index is 5.90. The normalized spacial score (nSPS) is 31.3. The van der Waals surface area contributed by atoms with Crippen LogP contribution in [-0.2, 0) is 0 Å². The van der Waals surface area contributed by atoms with Crippen LogP contribution in [0.5, 0.6) is 0 Å². The standard InChI is InChI=1S/C14H30N4/c1-16(2)6-7-17-8-10-18(11-9-17)14-5-3-4-13(14)12-15/h13-14H,3-12,15H2,1-2H3. The van der Waals surface area contributed by atoms with Crippen molar-refractivity contribution in [1.82, 2.24) is 14.7 Å². The quantitative estimate of drug-likeness (QED) is 0.765. The third-order valence-electron chi connectivity index (χ3n) is 4.66. The number of rotatable bonds is 5. The summed E-state index contributed by atoms with van der Waals surface area (Å²) in [5, 5.41) is 0. The highest BCUT2D eigenvalue weighted by atomic mass is 15.3. The van der Waals surface area contributed by atoms with Gasteiger partial charge in [0.05, 0.1) is 0 Å². The van der Waals surface area contributed by atoms with Crippen molar-refractivity contribution in [3.05, 3.63) is 0 Å². The molecule has 2 N–H and O–H groups in total. The minimum absolute atomic E-state index is 0.762. The average Bonchev–Trinajstić information content (AvgIpc) is 2.85. The van der Waals surface area contributed by atoms with Crippen molar-refractivity contribution in [1.29, 1.82) is 0 Å². The fourth-order valence-electron chi connectivity index (χ4n) is 3.43. The van der Waals surface area contributed by atoms with E-state index in [1.54, 1.807) is 0 Å². The second kappa shape index (κ2) is 6.85. The van der Waals surface area contributed by atoms with E-state index in [-0.39, 0.29) is 0 Å². The van der Waals surface area contributed by atoms with Gasteiger partial charge in [-0.3, -0.25) is 9.80 Å². The summed E-state index contributed by atoms with van der Waals surface area (Å²) in [6.45, 7) is 8.23. The first-order chi connectivity index (χ1) is 8.70. The number of nitrogens with two attached hydrogens (primary N) is 1. The Morgan fingerprint density at radius 2 is 1.83 bits per heavy atom. The van der Waals surface area contributed by atoms with Gasteiger partial charge < -0.3 is 10.6 Å². The van der Waals surface area contributed by atoms with Crippen LogP contribution in [0.1, 0.15) is 19.3 Å². The van der Waals surface area contributed by atoms with Crippen molar-refractivity contribution in [2.75, 3.05) is 59.9 Å². The van der Waals surface area contributed by atoms with E-state index in [4.69, 9.17) is 5.73 Å². The molecule has 2 fully saturated rings.